The molecule has 5 rings (SSSR count). The number of hydrogen-bond donors (Lipinski definition) is 1. The van der Waals surface area contributed by atoms with Crippen LogP contribution >= 0.6 is 0 Å². The van der Waals surface area contributed by atoms with Gasteiger partial charge in [-0.2, -0.15) is 4.98 Å². The van der Waals surface area contributed by atoms with Crippen molar-refractivity contribution in [1.82, 2.24) is 19.7 Å². The number of aryl methyl sites for hydroxylation is 1. The Kier molecular flexibility index (Phi) is 3.38. The van der Waals surface area contributed by atoms with Crippen molar-refractivity contribution in [2.75, 3.05) is 36.2 Å². The minimum Gasteiger partial charge on any atom is -0.368 e. The van der Waals surface area contributed by atoms with Crippen molar-refractivity contribution in [2.24, 2.45) is 5.92 Å². The predicted molar refractivity (Wildman–Crippen MR) is 117 cm³/mol. The quantitative estimate of drug-likeness (QED) is 0.648. The topological polar surface area (TPSA) is 66.3 Å². The Bertz CT molecular complexity index is 1450. The van der Waals surface area contributed by atoms with Crippen LogP contribution in [0.4, 0.5) is 26.1 Å². The summed E-state index contributed by atoms with van der Waals surface area (Å²) in [7, 11) is 0. The minimum absolute atomic E-state index is 0.0299. The average molecular weight is 447 g/mol. The number of rotatable bonds is 5. The third kappa shape index (κ3) is 4.42. The molecule has 0 spiro atoms. The Morgan fingerprint density at radius 2 is 1.75 bits per heavy atom. The van der Waals surface area contributed by atoms with E-state index in [1.807, 2.05) is 0 Å². The van der Waals surface area contributed by atoms with E-state index in [0.29, 0.717) is 29.4 Å². The Labute approximate surface area is 195 Å². The molecule has 32 heavy (non-hydrogen) atoms. The van der Waals surface area contributed by atoms with E-state index in [4.69, 9.17) is 11.0 Å². The largest absolute Gasteiger partial charge is 0.368 e. The maximum Gasteiger partial charge on any atom is 0.246 e. The Hall–Kier alpha value is -3.49. The van der Waals surface area contributed by atoms with Crippen LogP contribution in [0.15, 0.2) is 42.7 Å². The molecule has 0 atom stereocenters. The highest BCUT2D eigenvalue weighted by molar-refractivity contribution is 5.81. The molecule has 2 fully saturated rings. The third-order valence-electron chi connectivity index (χ3n) is 4.87. The van der Waals surface area contributed by atoms with Crippen LogP contribution in [0.1, 0.15) is 29.4 Å². The van der Waals surface area contributed by atoms with Crippen molar-refractivity contribution >= 4 is 23.2 Å². The monoisotopic (exact) mass is 446 g/mol. The summed E-state index contributed by atoms with van der Waals surface area (Å²) in [5.74, 6) is -3.32. The number of benzene rings is 2. The molecule has 7 nitrogen and oxygen atoms in total. The molecule has 1 aromatic heterocycles. The lowest BCUT2D eigenvalue weighted by molar-refractivity contribution is -0.132. The number of halogens is 2. The summed E-state index contributed by atoms with van der Waals surface area (Å²) in [6.45, 7) is -11.3. The van der Waals surface area contributed by atoms with Crippen LogP contribution in [0.25, 0.3) is 5.69 Å². The third-order valence-corrected chi connectivity index (χ3v) is 4.87. The van der Waals surface area contributed by atoms with Gasteiger partial charge in [0.1, 0.15) is 18.0 Å². The molecular formula is C23H24F2N6O. The van der Waals surface area contributed by atoms with Gasteiger partial charge in [0.25, 0.3) is 0 Å². The number of carbonyl (C=O) groups excluding carboxylic acids is 1. The van der Waals surface area contributed by atoms with Crippen molar-refractivity contribution in [3.8, 4) is 5.69 Å². The van der Waals surface area contributed by atoms with Crippen LogP contribution in [-0.2, 0) is 4.79 Å². The van der Waals surface area contributed by atoms with E-state index in [9.17, 15) is 13.6 Å². The molecule has 1 saturated carbocycles. The van der Waals surface area contributed by atoms with E-state index in [1.54, 1.807) is 13.0 Å². The summed E-state index contributed by atoms with van der Waals surface area (Å²) in [5, 5.41) is 6.96. The molecule has 0 unspecified atom stereocenters. The van der Waals surface area contributed by atoms with Crippen LogP contribution in [-0.4, -0.2) is 51.6 Å². The van der Waals surface area contributed by atoms with Gasteiger partial charge in [-0.1, -0.05) is 0 Å². The normalized spacial score (nSPS) is 26.3. The first-order valence-electron chi connectivity index (χ1n) is 13.9. The lowest BCUT2D eigenvalue weighted by Gasteiger charge is -2.36. The number of nitrogens with zero attached hydrogens (tertiary/aromatic N) is 5. The molecule has 2 aliphatic rings. The molecule has 1 aliphatic carbocycles. The van der Waals surface area contributed by atoms with Crippen molar-refractivity contribution in [3.05, 3.63) is 59.9 Å². The first-order valence-corrected chi connectivity index (χ1v) is 9.88. The van der Waals surface area contributed by atoms with Gasteiger partial charge in [0, 0.05) is 49.3 Å². The van der Waals surface area contributed by atoms with Crippen molar-refractivity contribution in [2.45, 2.75) is 19.8 Å². The van der Waals surface area contributed by atoms with Crippen molar-refractivity contribution < 1.29 is 24.5 Å². The Morgan fingerprint density at radius 3 is 2.44 bits per heavy atom. The van der Waals surface area contributed by atoms with Gasteiger partial charge in [0.05, 0.1) is 16.7 Å². The van der Waals surface area contributed by atoms with Gasteiger partial charge in [-0.05, 0) is 55.7 Å². The maximum absolute atomic E-state index is 13.6. The maximum atomic E-state index is 13.6. The highest BCUT2D eigenvalue weighted by atomic mass is 19.1. The smallest absolute Gasteiger partial charge is 0.246 e. The van der Waals surface area contributed by atoms with Crippen LogP contribution in [0.3, 0.4) is 0 Å². The lowest BCUT2D eigenvalue weighted by Crippen LogP contribution is -2.49. The second kappa shape index (κ2) is 8.22. The van der Waals surface area contributed by atoms with E-state index >= 15 is 0 Å². The highest BCUT2D eigenvalue weighted by Gasteiger charge is 2.34. The van der Waals surface area contributed by atoms with Gasteiger partial charge in [0.15, 0.2) is 0 Å². The molecule has 2 heterocycles. The molecular weight excluding hydrogens is 414 g/mol. The van der Waals surface area contributed by atoms with Gasteiger partial charge in [0.2, 0.25) is 11.9 Å². The second-order valence-corrected chi connectivity index (χ2v) is 7.55. The fraction of sp³-hybridized carbons (Fsp3) is 0.348. The summed E-state index contributed by atoms with van der Waals surface area (Å²) in [5.41, 5.74) is 0.529. The molecule has 0 bridgehead atoms. The van der Waals surface area contributed by atoms with Crippen molar-refractivity contribution in [3.63, 3.8) is 0 Å². The second-order valence-electron chi connectivity index (χ2n) is 7.55. The lowest BCUT2D eigenvalue weighted by atomic mass is 10.1. The number of anilines is 3. The number of carbonyl (C=O) groups is 1. The Balaban J connectivity index is 1.52. The fourth-order valence-corrected chi connectivity index (χ4v) is 3.22. The summed E-state index contributed by atoms with van der Waals surface area (Å²) in [6, 6.07) is 6.99. The summed E-state index contributed by atoms with van der Waals surface area (Å²) < 4.78 is 97.0. The van der Waals surface area contributed by atoms with E-state index in [0.717, 1.165) is 16.8 Å². The zero-order valence-corrected chi connectivity index (χ0v) is 16.9. The summed E-state index contributed by atoms with van der Waals surface area (Å²) in [4.78, 5) is 17.4. The minimum atomic E-state index is -3.25. The Morgan fingerprint density at radius 1 is 1.03 bits per heavy atom. The van der Waals surface area contributed by atoms with Gasteiger partial charge >= 0.3 is 0 Å². The highest BCUT2D eigenvalue weighted by Crippen LogP contribution is 2.32. The van der Waals surface area contributed by atoms with E-state index < -0.39 is 49.4 Å². The van der Waals surface area contributed by atoms with Gasteiger partial charge < -0.3 is 15.1 Å². The van der Waals surface area contributed by atoms with Crippen LogP contribution in [0, 0.1) is 24.5 Å². The first kappa shape index (κ1) is 13.1. The molecule has 166 valence electrons. The molecule has 0 radical (unpaired) electrons. The molecule has 1 saturated heterocycles. The zero-order chi connectivity index (χ0) is 29.4. The van der Waals surface area contributed by atoms with Gasteiger partial charge in [-0.15, -0.1) is 5.10 Å². The first-order chi connectivity index (χ1) is 18.5. The molecule has 1 aliphatic heterocycles. The molecule has 9 heteroatoms. The predicted octanol–water partition coefficient (Wildman–Crippen LogP) is 3.66. The number of hydrogen-bond acceptors (Lipinski definition) is 5. The number of piperazine rings is 1. The van der Waals surface area contributed by atoms with Crippen molar-refractivity contribution in [1.29, 1.82) is 0 Å². The standard InChI is InChI=1S/C23H24F2N6O/c1-15-8-19(27-23-26-14-31(28-23)21-11-17(24)10-18(25)12-21)13-20(9-15)29-4-6-30(7-5-29)22(32)16-2-3-16/h8-14,16H,2-7H2,1H3,(H,27,28)/i4D2,5D2,6D2,7D2. The zero-order valence-electron chi connectivity index (χ0n) is 24.9. The molecule has 3 aromatic rings. The summed E-state index contributed by atoms with van der Waals surface area (Å²) in [6.07, 6.45) is 1.98. The van der Waals surface area contributed by atoms with Crippen LogP contribution in [0.2, 0.25) is 0 Å². The fourth-order valence-electron chi connectivity index (χ4n) is 3.22. The van der Waals surface area contributed by atoms with Crippen LogP contribution < -0.4 is 10.2 Å². The molecule has 1 amide bonds. The SMILES string of the molecule is [2H]C1([2H])N(C(=O)C2CC2)C([2H])([2H])C([2H])([2H])N(c2cc(C)cc(Nc3ncn(-c4cc(F)cc(F)c4)n3)c2)C1([2H])[2H]. The number of aromatic nitrogens is 3. The number of amides is 1. The van der Waals surface area contributed by atoms with E-state index in [1.165, 1.54) is 18.5 Å². The molecule has 2 aromatic carbocycles. The average Bonchev–Trinajstić information content (AvgIpc) is 3.55. The van der Waals surface area contributed by atoms with E-state index in [-0.39, 0.29) is 27.9 Å². The van der Waals surface area contributed by atoms with Gasteiger partial charge in [-0.25, -0.2) is 13.5 Å². The molecule has 1 N–H and O–H groups in total. The van der Waals surface area contributed by atoms with Crippen LogP contribution in [0.5, 0.6) is 0 Å². The number of nitrogens with one attached hydrogen (secondary N) is 1. The summed E-state index contributed by atoms with van der Waals surface area (Å²) >= 11 is 0. The van der Waals surface area contributed by atoms with E-state index in [2.05, 4.69) is 15.4 Å². The van der Waals surface area contributed by atoms with Gasteiger partial charge in [-0.3, -0.25) is 4.79 Å².